The molecule has 17 heavy (non-hydrogen) atoms. The molecule has 6 heteroatoms. The third-order valence-electron chi connectivity index (χ3n) is 2.60. The molecule has 0 unspecified atom stereocenters. The van der Waals surface area contributed by atoms with Gasteiger partial charge >= 0.3 is 0 Å². The second-order valence-electron chi connectivity index (χ2n) is 3.67. The van der Waals surface area contributed by atoms with Crippen LogP contribution in [0, 0.1) is 10.1 Å². The Balaban J connectivity index is 2.03. The first-order chi connectivity index (χ1) is 8.24. The third kappa shape index (κ3) is 1.55. The van der Waals surface area contributed by atoms with Gasteiger partial charge in [0, 0.05) is 23.8 Å². The highest BCUT2D eigenvalue weighted by Gasteiger charge is 2.11. The van der Waals surface area contributed by atoms with Gasteiger partial charge in [-0.1, -0.05) is 4.63 Å². The number of fused-ring (bicyclic) bond motifs is 1. The van der Waals surface area contributed by atoms with E-state index in [0.29, 0.717) is 0 Å². The largest absolute Gasteiger partial charge is 0.269 e. The molecule has 0 saturated heterocycles. The minimum absolute atomic E-state index is 0.0969. The number of nitrogens with zero attached hydrogens (tertiary/aromatic N) is 3. The zero-order valence-electron chi connectivity index (χ0n) is 8.78. The summed E-state index contributed by atoms with van der Waals surface area (Å²) in [4.78, 5) is 10.1. The summed E-state index contributed by atoms with van der Waals surface area (Å²) >= 11 is 0. The molecule has 0 aliphatic carbocycles. The molecule has 1 aromatic carbocycles. The minimum Gasteiger partial charge on any atom is -0.258 e. The lowest BCUT2D eigenvalue weighted by Crippen LogP contribution is -2.22. The van der Waals surface area contributed by atoms with E-state index in [1.54, 1.807) is 12.1 Å². The maximum Gasteiger partial charge on any atom is 0.269 e. The number of benzene rings is 1. The average Bonchev–Trinajstić information content (AvgIpc) is 2.89. The van der Waals surface area contributed by atoms with Crippen LogP contribution in [0.15, 0.2) is 48.9 Å². The van der Waals surface area contributed by atoms with Crippen molar-refractivity contribution in [3.63, 3.8) is 0 Å². The van der Waals surface area contributed by atoms with Crippen molar-refractivity contribution in [2.24, 2.45) is 0 Å². The molecule has 84 valence electrons. The number of aromatic nitrogens is 3. The van der Waals surface area contributed by atoms with Crippen molar-refractivity contribution < 1.29 is 9.44 Å². The molecular weight excluding hydrogens is 220 g/mol. The first-order valence-electron chi connectivity index (χ1n) is 5.06. The second kappa shape index (κ2) is 3.44. The van der Waals surface area contributed by atoms with Crippen LogP contribution in [0.3, 0.4) is 0 Å². The molecule has 0 amide bonds. The van der Waals surface area contributed by atoms with Crippen LogP contribution in [-0.4, -0.2) is 14.7 Å². The van der Waals surface area contributed by atoms with Crippen LogP contribution < -0.4 is 4.52 Å². The molecule has 2 heterocycles. The lowest BCUT2D eigenvalue weighted by atomic mass is 10.1. The monoisotopic (exact) mass is 229 g/mol. The molecule has 0 aliphatic heterocycles. The standard InChI is InChI=1S/C11H9N4O2/c16-15(17)10-4-2-9(3-5-10)11-8-13-6-1-7-14(13)12-11/h1-8,12H/q+1. The van der Waals surface area contributed by atoms with E-state index in [9.17, 15) is 10.1 Å². The predicted molar refractivity (Wildman–Crippen MR) is 59.5 cm³/mol. The number of non-ortho nitro benzene ring substituents is 1. The summed E-state index contributed by atoms with van der Waals surface area (Å²) in [6.45, 7) is 0. The van der Waals surface area contributed by atoms with Crippen molar-refractivity contribution in [2.45, 2.75) is 0 Å². The summed E-state index contributed by atoms with van der Waals surface area (Å²) in [7, 11) is 0. The number of hydrogen-bond donors (Lipinski definition) is 1. The molecule has 0 saturated carbocycles. The van der Waals surface area contributed by atoms with Crippen molar-refractivity contribution in [2.75, 3.05) is 0 Å². The molecule has 0 radical (unpaired) electrons. The van der Waals surface area contributed by atoms with Crippen molar-refractivity contribution in [3.8, 4) is 11.3 Å². The van der Waals surface area contributed by atoms with Crippen LogP contribution >= 0.6 is 0 Å². The SMILES string of the molecule is O=[N+]([O-])c1ccc(-c2c[n+]3cccn3[nH]2)cc1. The van der Waals surface area contributed by atoms with Gasteiger partial charge in [-0.2, -0.15) is 5.10 Å². The first-order valence-corrected chi connectivity index (χ1v) is 5.06. The van der Waals surface area contributed by atoms with E-state index >= 15 is 0 Å². The normalized spacial score (nSPS) is 10.8. The zero-order valence-corrected chi connectivity index (χ0v) is 8.78. The van der Waals surface area contributed by atoms with Gasteiger partial charge in [0.05, 0.1) is 11.1 Å². The highest BCUT2D eigenvalue weighted by atomic mass is 16.6. The molecule has 3 aromatic rings. The number of nitro groups is 1. The molecule has 6 nitrogen and oxygen atoms in total. The van der Waals surface area contributed by atoms with Crippen LogP contribution in [0.2, 0.25) is 0 Å². The number of hydrogen-bond acceptors (Lipinski definition) is 2. The van der Waals surface area contributed by atoms with Gasteiger partial charge in [-0.25, -0.2) is 0 Å². The van der Waals surface area contributed by atoms with Crippen LogP contribution in [0.1, 0.15) is 0 Å². The topological polar surface area (TPSA) is 67.4 Å². The highest BCUT2D eigenvalue weighted by molar-refractivity contribution is 5.58. The maximum atomic E-state index is 10.5. The van der Waals surface area contributed by atoms with E-state index in [1.807, 2.05) is 33.8 Å². The van der Waals surface area contributed by atoms with Crippen molar-refractivity contribution >= 4 is 5.69 Å². The Morgan fingerprint density at radius 2 is 2.06 bits per heavy atom. The molecule has 0 bridgehead atoms. The van der Waals surface area contributed by atoms with Crippen LogP contribution in [0.5, 0.6) is 0 Å². The quantitative estimate of drug-likeness (QED) is 0.410. The Kier molecular flexibility index (Phi) is 1.94. The summed E-state index contributed by atoms with van der Waals surface area (Å²) in [5.41, 5.74) is 1.91. The fourth-order valence-corrected chi connectivity index (χ4v) is 1.74. The highest BCUT2D eigenvalue weighted by Crippen LogP contribution is 2.19. The van der Waals surface area contributed by atoms with Crippen LogP contribution in [0.25, 0.3) is 11.3 Å². The lowest BCUT2D eigenvalue weighted by Gasteiger charge is -1.92. The zero-order chi connectivity index (χ0) is 11.8. The van der Waals surface area contributed by atoms with Gasteiger partial charge in [-0.3, -0.25) is 10.1 Å². The fourth-order valence-electron chi connectivity index (χ4n) is 1.74. The Hall–Kier alpha value is -2.63. The molecule has 0 spiro atoms. The van der Waals surface area contributed by atoms with Gasteiger partial charge in [-0.05, 0) is 12.1 Å². The van der Waals surface area contributed by atoms with Crippen molar-refractivity contribution in [1.82, 2.24) is 9.73 Å². The Labute approximate surface area is 95.9 Å². The molecule has 2 aromatic heterocycles. The first kappa shape index (κ1) is 9.59. The van der Waals surface area contributed by atoms with E-state index in [-0.39, 0.29) is 5.69 Å². The Bertz CT molecular complexity index is 652. The van der Waals surface area contributed by atoms with Crippen LogP contribution in [0.4, 0.5) is 5.69 Å². The molecule has 3 rings (SSSR count). The maximum absolute atomic E-state index is 10.5. The molecule has 0 atom stereocenters. The third-order valence-corrected chi connectivity index (χ3v) is 2.60. The van der Waals surface area contributed by atoms with E-state index in [0.717, 1.165) is 11.3 Å². The molecule has 1 N–H and O–H groups in total. The Morgan fingerprint density at radius 3 is 2.71 bits per heavy atom. The van der Waals surface area contributed by atoms with Crippen LogP contribution in [-0.2, 0) is 0 Å². The van der Waals surface area contributed by atoms with E-state index in [4.69, 9.17) is 0 Å². The summed E-state index contributed by atoms with van der Waals surface area (Å²) in [6, 6.07) is 8.36. The lowest BCUT2D eigenvalue weighted by molar-refractivity contribution is -0.617. The number of nitrogens with one attached hydrogen (secondary N) is 1. The van der Waals surface area contributed by atoms with Crippen molar-refractivity contribution in [1.29, 1.82) is 0 Å². The van der Waals surface area contributed by atoms with Gasteiger partial charge in [0.1, 0.15) is 6.20 Å². The predicted octanol–water partition coefficient (Wildman–Crippen LogP) is 1.43. The summed E-state index contributed by atoms with van der Waals surface area (Å²) in [6.07, 6.45) is 5.71. The number of rotatable bonds is 2. The molecule has 0 fully saturated rings. The number of aromatic amines is 1. The Morgan fingerprint density at radius 1 is 1.29 bits per heavy atom. The van der Waals surface area contributed by atoms with Gasteiger partial charge in [0.25, 0.3) is 5.69 Å². The smallest absolute Gasteiger partial charge is 0.258 e. The van der Waals surface area contributed by atoms with Gasteiger partial charge in [-0.15, -0.1) is 4.52 Å². The van der Waals surface area contributed by atoms with E-state index in [1.165, 1.54) is 12.1 Å². The van der Waals surface area contributed by atoms with E-state index in [2.05, 4.69) is 5.10 Å². The summed E-state index contributed by atoms with van der Waals surface area (Å²) in [5, 5.41) is 13.7. The summed E-state index contributed by atoms with van der Waals surface area (Å²) < 4.78 is 3.70. The molecular formula is C11H9N4O2+. The second-order valence-corrected chi connectivity index (χ2v) is 3.67. The average molecular weight is 229 g/mol. The van der Waals surface area contributed by atoms with Gasteiger partial charge < -0.3 is 0 Å². The van der Waals surface area contributed by atoms with Gasteiger partial charge in [0.2, 0.25) is 0 Å². The van der Waals surface area contributed by atoms with Gasteiger partial charge in [0.15, 0.2) is 11.9 Å². The fraction of sp³-hybridized carbons (Fsp3) is 0. The summed E-state index contributed by atoms with van der Waals surface area (Å²) in [5.74, 6) is 0. The van der Waals surface area contributed by atoms with Crippen molar-refractivity contribution in [3.05, 3.63) is 59.0 Å². The number of H-pyrrole nitrogens is 1. The molecule has 0 aliphatic rings. The number of nitro benzene ring substituents is 1. The van der Waals surface area contributed by atoms with E-state index < -0.39 is 4.92 Å². The minimum atomic E-state index is -0.404.